The van der Waals surface area contributed by atoms with E-state index in [1.165, 1.54) is 178 Å². The molecule has 0 heterocycles. The average molecular weight is 1060 g/mol. The van der Waals surface area contributed by atoms with Crippen LogP contribution in [0.3, 0.4) is 0 Å². The second kappa shape index (κ2) is 55.5. The number of carbonyl (C=O) groups is 4. The van der Waals surface area contributed by atoms with Gasteiger partial charge >= 0.3 is 35.8 Å². The summed E-state index contributed by atoms with van der Waals surface area (Å²) in [7, 11) is 0. The predicted molar refractivity (Wildman–Crippen MR) is 287 cm³/mol. The average Bonchev–Trinajstić information content (AvgIpc) is 3.35. The van der Waals surface area contributed by atoms with E-state index in [4.69, 9.17) is 9.47 Å². The van der Waals surface area contributed by atoms with Crippen molar-refractivity contribution < 1.29 is 38.9 Å². The number of rotatable bonds is 38. The second-order valence-electron chi connectivity index (χ2n) is 17.5. The zero-order chi connectivity index (χ0) is 50.6. The molecule has 0 bridgehead atoms. The summed E-state index contributed by atoms with van der Waals surface area (Å²) < 4.78 is 10.3. The minimum Gasteiger partial charge on any atom is -0.545 e. The standard InChI is InChI=1S/2C22H32O4.2C8H17.Sn/c2*1-2-3-4-5-6-7-8-9-10-11-12-15-18-26-22(25)20-17-14-13-16-19(20)21(23)24;2*1-3-5-7-8-6-4-2;/h2*10-11,13-14,16-17H,2-9,12,15,18H2,1H3,(H,23,24);2*1,3-8H2,2H3;/q;;;;+2/p-2/b2*11-10+;;;. The van der Waals surface area contributed by atoms with Crippen molar-refractivity contribution in [3.63, 3.8) is 0 Å². The van der Waals surface area contributed by atoms with Crippen LogP contribution in [0.15, 0.2) is 72.8 Å². The van der Waals surface area contributed by atoms with Crippen molar-refractivity contribution >= 4 is 47.8 Å². The van der Waals surface area contributed by atoms with Crippen LogP contribution in [0.1, 0.15) is 275 Å². The number of carboxylic acid groups (broad SMARTS) is 2. The molecular formula is C60H96O8Sn. The molecule has 0 aliphatic carbocycles. The van der Waals surface area contributed by atoms with Gasteiger partial charge in [0, 0.05) is 11.1 Å². The van der Waals surface area contributed by atoms with E-state index in [1.807, 2.05) is 0 Å². The quantitative estimate of drug-likeness (QED) is 0.0281. The molecule has 0 saturated heterocycles. The van der Waals surface area contributed by atoms with Gasteiger partial charge < -0.3 is 29.3 Å². The molecule has 0 aromatic heterocycles. The minimum atomic E-state index is -1.37. The molecule has 0 amide bonds. The van der Waals surface area contributed by atoms with E-state index < -0.39 is 23.9 Å². The van der Waals surface area contributed by atoms with Crippen LogP contribution in [0, 0.1) is 13.8 Å². The monoisotopic (exact) mass is 1060 g/mol. The number of benzene rings is 2. The fourth-order valence-electron chi connectivity index (χ4n) is 7.04. The Morgan fingerprint density at radius 3 is 0.913 bits per heavy atom. The Balaban J connectivity index is -0.000000950. The van der Waals surface area contributed by atoms with Gasteiger partial charge in [-0.1, -0.05) is 256 Å². The molecule has 9 heteroatoms. The van der Waals surface area contributed by atoms with Gasteiger partial charge in [0.2, 0.25) is 0 Å². The predicted octanol–water partition coefficient (Wildman–Crippen LogP) is 15.3. The molecule has 2 rings (SSSR count). The molecule has 4 radical (unpaired) electrons. The molecular weight excluding hydrogens is 967 g/mol. The summed E-state index contributed by atoms with van der Waals surface area (Å²) in [6.07, 6.45) is 48.4. The zero-order valence-corrected chi connectivity index (χ0v) is 47.0. The van der Waals surface area contributed by atoms with Crippen LogP contribution in [0.5, 0.6) is 0 Å². The third-order valence-corrected chi connectivity index (χ3v) is 11.2. The molecule has 0 unspecified atom stereocenters. The van der Waals surface area contributed by atoms with Crippen molar-refractivity contribution in [3.8, 4) is 0 Å². The molecule has 388 valence electrons. The number of unbranched alkanes of at least 4 members (excludes halogenated alkanes) is 26. The number of ether oxygens (including phenoxy) is 2. The maximum absolute atomic E-state index is 11.9. The number of carboxylic acids is 2. The van der Waals surface area contributed by atoms with Crippen LogP contribution in [0.25, 0.3) is 0 Å². The van der Waals surface area contributed by atoms with E-state index in [9.17, 15) is 29.4 Å². The molecule has 8 nitrogen and oxygen atoms in total. The van der Waals surface area contributed by atoms with E-state index >= 15 is 0 Å². The van der Waals surface area contributed by atoms with Crippen molar-refractivity contribution in [2.24, 2.45) is 0 Å². The van der Waals surface area contributed by atoms with Crippen molar-refractivity contribution in [1.29, 1.82) is 0 Å². The van der Waals surface area contributed by atoms with Crippen molar-refractivity contribution in [1.82, 2.24) is 0 Å². The summed E-state index contributed by atoms with van der Waals surface area (Å²) in [5, 5.41) is 22.0. The summed E-state index contributed by atoms with van der Waals surface area (Å²) >= 11 is 0. The first-order valence-corrected chi connectivity index (χ1v) is 27.0. The first-order chi connectivity index (χ1) is 33.2. The van der Waals surface area contributed by atoms with E-state index in [1.54, 1.807) is 24.3 Å². The molecule has 2 aromatic rings. The van der Waals surface area contributed by atoms with Crippen molar-refractivity contribution in [2.45, 2.75) is 233 Å². The Kier molecular flexibility index (Phi) is 56.2. The Hall–Kier alpha value is -3.40. The van der Waals surface area contributed by atoms with Gasteiger partial charge in [-0.25, -0.2) is 9.59 Å². The Morgan fingerprint density at radius 2 is 0.638 bits per heavy atom. The number of carbonyl (C=O) groups excluding carboxylic acids is 4. The molecule has 0 aliphatic rings. The van der Waals surface area contributed by atoms with Crippen molar-refractivity contribution in [2.75, 3.05) is 13.2 Å². The number of hydrogen-bond donors (Lipinski definition) is 0. The minimum absolute atomic E-state index is 0. The number of hydrogen-bond acceptors (Lipinski definition) is 8. The number of aromatic carboxylic acids is 2. The van der Waals surface area contributed by atoms with Gasteiger partial charge in [0.1, 0.15) is 0 Å². The van der Waals surface area contributed by atoms with Crippen LogP contribution in [0.2, 0.25) is 0 Å². The summed E-state index contributed by atoms with van der Waals surface area (Å²) in [6.45, 7) is 17.1. The molecule has 0 atom stereocenters. The summed E-state index contributed by atoms with van der Waals surface area (Å²) in [5.74, 6) is -3.97. The first-order valence-electron chi connectivity index (χ1n) is 27.0. The van der Waals surface area contributed by atoms with Crippen LogP contribution >= 0.6 is 0 Å². The molecule has 69 heavy (non-hydrogen) atoms. The second-order valence-corrected chi connectivity index (χ2v) is 17.5. The van der Waals surface area contributed by atoms with E-state index in [-0.39, 0.29) is 59.4 Å². The third-order valence-electron chi connectivity index (χ3n) is 11.2. The van der Waals surface area contributed by atoms with Crippen molar-refractivity contribution in [3.05, 3.63) is 109 Å². The SMILES string of the molecule is CCCCCCCCC/C=C/CCCOC(=O)c1ccccc1C(=O)[O-].CCCCCCCCC/C=C/CCCOC(=O)c1ccccc1C(=O)[O-].[CH2]CCCCCCC.[CH2]CCCCCCC.[Sn+2]. The Morgan fingerprint density at radius 1 is 0.391 bits per heavy atom. The number of esters is 2. The summed E-state index contributed by atoms with van der Waals surface area (Å²) in [6, 6.07) is 11.9. The largest absolute Gasteiger partial charge is 2.00 e. The van der Waals surface area contributed by atoms with Gasteiger partial charge in [-0.05, 0) is 63.5 Å². The molecule has 0 spiro atoms. The van der Waals surface area contributed by atoms with Crippen LogP contribution in [-0.2, 0) is 9.47 Å². The van der Waals surface area contributed by atoms with Gasteiger partial charge in [-0.15, -0.1) is 0 Å². The van der Waals surface area contributed by atoms with E-state index in [0.717, 1.165) is 51.4 Å². The molecule has 0 aliphatic heterocycles. The molecule has 0 N–H and O–H groups in total. The zero-order valence-electron chi connectivity index (χ0n) is 44.2. The molecule has 0 fully saturated rings. The Labute approximate surface area is 439 Å². The topological polar surface area (TPSA) is 133 Å². The molecule has 0 saturated carbocycles. The van der Waals surface area contributed by atoms with E-state index in [2.05, 4.69) is 65.8 Å². The van der Waals surface area contributed by atoms with Crippen LogP contribution < -0.4 is 10.2 Å². The maximum Gasteiger partial charge on any atom is 2.00 e. The fourth-order valence-corrected chi connectivity index (χ4v) is 7.04. The van der Waals surface area contributed by atoms with Crippen LogP contribution in [-0.4, -0.2) is 61.0 Å². The third kappa shape index (κ3) is 45.5. The first kappa shape index (κ1) is 69.9. The van der Waals surface area contributed by atoms with Gasteiger partial charge in [0.25, 0.3) is 0 Å². The molecule has 2 aromatic carbocycles. The van der Waals surface area contributed by atoms with Gasteiger partial charge in [-0.3, -0.25) is 0 Å². The van der Waals surface area contributed by atoms with E-state index in [0.29, 0.717) is 0 Å². The van der Waals surface area contributed by atoms with Gasteiger partial charge in [0.15, 0.2) is 0 Å². The normalized spacial score (nSPS) is 10.5. The fraction of sp³-hybridized carbons (Fsp3) is 0.633. The smallest absolute Gasteiger partial charge is 0.545 e. The maximum atomic E-state index is 11.9. The van der Waals surface area contributed by atoms with Gasteiger partial charge in [-0.2, -0.15) is 0 Å². The Bertz CT molecular complexity index is 1410. The summed E-state index contributed by atoms with van der Waals surface area (Å²) in [5.41, 5.74) is -0.178. The van der Waals surface area contributed by atoms with Crippen LogP contribution in [0.4, 0.5) is 0 Å². The van der Waals surface area contributed by atoms with Gasteiger partial charge in [0.05, 0.1) is 36.3 Å². The summed E-state index contributed by atoms with van der Waals surface area (Å²) in [4.78, 5) is 45.9. The number of allylic oxidation sites excluding steroid dienone is 4.